The van der Waals surface area contributed by atoms with Crippen LogP contribution in [0.3, 0.4) is 0 Å². The number of rotatable bonds is 5. The Kier molecular flexibility index (Phi) is 4.38. The van der Waals surface area contributed by atoms with E-state index in [1.165, 1.54) is 0 Å². The monoisotopic (exact) mass is 227 g/mol. The van der Waals surface area contributed by atoms with Crippen molar-refractivity contribution in [3.63, 3.8) is 0 Å². The molecule has 0 saturated carbocycles. The Balaban J connectivity index is 2.84. The molecule has 4 heteroatoms. The molecule has 1 unspecified atom stereocenters. The van der Waals surface area contributed by atoms with Gasteiger partial charge in [0.15, 0.2) is 0 Å². The normalized spacial score (nSPS) is 21.2. The van der Waals surface area contributed by atoms with Crippen molar-refractivity contribution in [3.05, 3.63) is 23.7 Å². The van der Waals surface area contributed by atoms with Gasteiger partial charge < -0.3 is 19.9 Å². The fraction of sp³-hybridized carbons (Fsp3) is 0.667. The van der Waals surface area contributed by atoms with Crippen LogP contribution in [0.2, 0.25) is 0 Å². The number of allylic oxidation sites excluding steroid dienone is 2. The highest BCUT2D eigenvalue weighted by Gasteiger charge is 2.32. The molecule has 1 aliphatic rings. The van der Waals surface area contributed by atoms with E-state index in [-0.39, 0.29) is 18.2 Å². The molecule has 2 N–H and O–H groups in total. The van der Waals surface area contributed by atoms with Crippen molar-refractivity contribution in [3.8, 4) is 0 Å². The Morgan fingerprint density at radius 1 is 1.38 bits per heavy atom. The van der Waals surface area contributed by atoms with E-state index in [0.29, 0.717) is 0 Å². The third kappa shape index (κ3) is 3.00. The number of hydrogen-bond donors (Lipinski definition) is 1. The van der Waals surface area contributed by atoms with E-state index in [0.717, 1.165) is 17.9 Å². The van der Waals surface area contributed by atoms with Crippen LogP contribution in [-0.2, 0) is 14.2 Å². The molecule has 1 atom stereocenters. The van der Waals surface area contributed by atoms with Crippen LogP contribution in [0.1, 0.15) is 20.3 Å². The van der Waals surface area contributed by atoms with Gasteiger partial charge in [-0.05, 0) is 19.9 Å². The van der Waals surface area contributed by atoms with Crippen LogP contribution in [0.4, 0.5) is 0 Å². The smallest absolute Gasteiger partial charge is 0.118 e. The predicted molar refractivity (Wildman–Crippen MR) is 62.5 cm³/mol. The summed E-state index contributed by atoms with van der Waals surface area (Å²) in [5, 5.41) is 0. The van der Waals surface area contributed by atoms with Gasteiger partial charge >= 0.3 is 0 Å². The SMILES string of the molecule is COC1=CC(C(C)(C)OCN)CC(OC)=C1. The van der Waals surface area contributed by atoms with Crippen LogP contribution in [-0.4, -0.2) is 26.6 Å². The molecule has 0 saturated heterocycles. The van der Waals surface area contributed by atoms with Crippen molar-refractivity contribution in [2.45, 2.75) is 25.9 Å². The fourth-order valence-electron chi connectivity index (χ4n) is 1.78. The molecule has 16 heavy (non-hydrogen) atoms. The molecule has 0 amide bonds. The summed E-state index contributed by atoms with van der Waals surface area (Å²) in [7, 11) is 3.31. The molecule has 1 rings (SSSR count). The molecule has 0 bridgehead atoms. The van der Waals surface area contributed by atoms with Gasteiger partial charge in [-0.15, -0.1) is 0 Å². The van der Waals surface area contributed by atoms with Crippen molar-refractivity contribution in [2.24, 2.45) is 11.7 Å². The lowest BCUT2D eigenvalue weighted by atomic mass is 9.84. The summed E-state index contributed by atoms with van der Waals surface area (Å²) in [5.41, 5.74) is 5.11. The van der Waals surface area contributed by atoms with Crippen LogP contribution >= 0.6 is 0 Å². The highest BCUT2D eigenvalue weighted by Crippen LogP contribution is 2.33. The average molecular weight is 227 g/mol. The number of hydrogen-bond acceptors (Lipinski definition) is 4. The summed E-state index contributed by atoms with van der Waals surface area (Å²) in [6.07, 6.45) is 4.75. The predicted octanol–water partition coefficient (Wildman–Crippen LogP) is 1.78. The topological polar surface area (TPSA) is 53.7 Å². The zero-order valence-electron chi connectivity index (χ0n) is 10.4. The fourth-order valence-corrected chi connectivity index (χ4v) is 1.78. The summed E-state index contributed by atoms with van der Waals surface area (Å²) in [6, 6.07) is 0. The van der Waals surface area contributed by atoms with Gasteiger partial charge in [-0.3, -0.25) is 0 Å². The summed E-state index contributed by atoms with van der Waals surface area (Å²) in [5.74, 6) is 1.91. The molecule has 0 spiro atoms. The number of nitrogens with two attached hydrogens (primary N) is 1. The first kappa shape index (κ1) is 13.1. The largest absolute Gasteiger partial charge is 0.501 e. The van der Waals surface area contributed by atoms with Crippen molar-refractivity contribution in [1.82, 2.24) is 0 Å². The van der Waals surface area contributed by atoms with Crippen LogP contribution in [0.25, 0.3) is 0 Å². The third-order valence-electron chi connectivity index (χ3n) is 2.94. The van der Waals surface area contributed by atoms with Gasteiger partial charge in [-0.2, -0.15) is 0 Å². The van der Waals surface area contributed by atoms with Crippen molar-refractivity contribution >= 4 is 0 Å². The molecular weight excluding hydrogens is 206 g/mol. The Morgan fingerprint density at radius 2 is 2.06 bits per heavy atom. The maximum Gasteiger partial charge on any atom is 0.118 e. The maximum absolute atomic E-state index is 5.55. The van der Waals surface area contributed by atoms with E-state index in [1.807, 2.05) is 19.9 Å². The Labute approximate surface area is 97.0 Å². The lowest BCUT2D eigenvalue weighted by molar-refractivity contribution is -0.0479. The second kappa shape index (κ2) is 5.37. The summed E-state index contributed by atoms with van der Waals surface area (Å²) >= 11 is 0. The summed E-state index contributed by atoms with van der Waals surface area (Å²) in [4.78, 5) is 0. The molecule has 1 aliphatic carbocycles. The van der Waals surface area contributed by atoms with E-state index in [2.05, 4.69) is 6.08 Å². The summed E-state index contributed by atoms with van der Waals surface area (Å²) in [6.45, 7) is 4.26. The van der Waals surface area contributed by atoms with Gasteiger partial charge in [-0.1, -0.05) is 0 Å². The first-order valence-corrected chi connectivity index (χ1v) is 5.38. The van der Waals surface area contributed by atoms with Crippen molar-refractivity contribution < 1.29 is 14.2 Å². The molecule has 4 nitrogen and oxygen atoms in total. The average Bonchev–Trinajstić information content (AvgIpc) is 2.28. The second-order valence-corrected chi connectivity index (χ2v) is 4.31. The van der Waals surface area contributed by atoms with Crippen LogP contribution in [0, 0.1) is 5.92 Å². The van der Waals surface area contributed by atoms with Gasteiger partial charge in [0.25, 0.3) is 0 Å². The molecule has 0 aromatic rings. The second-order valence-electron chi connectivity index (χ2n) is 4.31. The minimum absolute atomic E-state index is 0.200. The highest BCUT2D eigenvalue weighted by atomic mass is 16.5. The number of methoxy groups -OCH3 is 2. The zero-order valence-corrected chi connectivity index (χ0v) is 10.4. The first-order chi connectivity index (χ1) is 7.53. The third-order valence-corrected chi connectivity index (χ3v) is 2.94. The molecular formula is C12H21NO3. The summed E-state index contributed by atoms with van der Waals surface area (Å²) < 4.78 is 16.1. The van der Waals surface area contributed by atoms with E-state index < -0.39 is 0 Å². The molecule has 0 aliphatic heterocycles. The number of ether oxygens (including phenoxy) is 3. The minimum atomic E-state index is -0.323. The zero-order chi connectivity index (χ0) is 12.2. The Bertz CT molecular complexity index is 295. The van der Waals surface area contributed by atoms with Crippen molar-refractivity contribution in [1.29, 1.82) is 0 Å². The maximum atomic E-state index is 5.55. The van der Waals surface area contributed by atoms with Gasteiger partial charge in [0, 0.05) is 18.4 Å². The quantitative estimate of drug-likeness (QED) is 0.727. The van der Waals surface area contributed by atoms with Gasteiger partial charge in [0.2, 0.25) is 0 Å². The molecule has 92 valence electrons. The Hall–Kier alpha value is -1.00. The highest BCUT2D eigenvalue weighted by molar-refractivity contribution is 5.24. The molecule has 0 fully saturated rings. The van der Waals surface area contributed by atoms with Crippen LogP contribution < -0.4 is 5.73 Å². The standard InChI is InChI=1S/C12H21NO3/c1-12(2,16-8-13)9-5-10(14-3)7-11(6-9)15-4/h5,7,9H,6,8,13H2,1-4H3. The van der Waals surface area contributed by atoms with E-state index in [9.17, 15) is 0 Å². The molecule has 0 radical (unpaired) electrons. The van der Waals surface area contributed by atoms with E-state index in [4.69, 9.17) is 19.9 Å². The molecule has 0 aromatic carbocycles. The van der Waals surface area contributed by atoms with Gasteiger partial charge in [-0.25, -0.2) is 0 Å². The first-order valence-electron chi connectivity index (χ1n) is 5.38. The van der Waals surface area contributed by atoms with Gasteiger partial charge in [0.1, 0.15) is 5.76 Å². The molecule has 0 heterocycles. The minimum Gasteiger partial charge on any atom is -0.501 e. The van der Waals surface area contributed by atoms with E-state index in [1.54, 1.807) is 14.2 Å². The van der Waals surface area contributed by atoms with Crippen LogP contribution in [0.5, 0.6) is 0 Å². The lowest BCUT2D eigenvalue weighted by Crippen LogP contribution is -2.36. The van der Waals surface area contributed by atoms with E-state index >= 15 is 0 Å². The van der Waals surface area contributed by atoms with Crippen LogP contribution in [0.15, 0.2) is 23.7 Å². The van der Waals surface area contributed by atoms with Crippen molar-refractivity contribution in [2.75, 3.05) is 21.0 Å². The van der Waals surface area contributed by atoms with Gasteiger partial charge in [0.05, 0.1) is 32.3 Å². The molecule has 0 aromatic heterocycles. The lowest BCUT2D eigenvalue weighted by Gasteiger charge is -2.34. The Morgan fingerprint density at radius 3 is 2.56 bits per heavy atom.